The maximum absolute atomic E-state index is 11.9. The second-order valence-electron chi connectivity index (χ2n) is 4.40. The first-order valence-electron chi connectivity index (χ1n) is 5.79. The minimum Gasteiger partial charge on any atom is -0.478 e. The van der Waals surface area contributed by atoms with Gasteiger partial charge in [0, 0.05) is 11.6 Å². The zero-order valence-corrected chi connectivity index (χ0v) is 11.5. The van der Waals surface area contributed by atoms with Crippen LogP contribution in [0.15, 0.2) is 36.9 Å². The monoisotopic (exact) mass is 267 g/mol. The molecule has 4 heteroatoms. The van der Waals surface area contributed by atoms with Gasteiger partial charge in [0.05, 0.1) is 0 Å². The Hall–Kier alpha value is -1.48. The lowest BCUT2D eigenvalue weighted by Crippen LogP contribution is -2.46. The van der Waals surface area contributed by atoms with E-state index < -0.39 is 5.60 Å². The fraction of sp³-hybridized carbons (Fsp3) is 0.357. The van der Waals surface area contributed by atoms with Crippen molar-refractivity contribution < 1.29 is 9.53 Å². The molecule has 0 spiro atoms. The number of benzene rings is 1. The summed E-state index contributed by atoms with van der Waals surface area (Å²) in [5, 5.41) is 3.43. The van der Waals surface area contributed by atoms with Crippen molar-refractivity contribution >= 4 is 17.5 Å². The van der Waals surface area contributed by atoms with Crippen LogP contribution in [0.25, 0.3) is 0 Å². The van der Waals surface area contributed by atoms with E-state index in [0.717, 1.165) is 6.42 Å². The number of carbonyl (C=O) groups is 1. The molecule has 18 heavy (non-hydrogen) atoms. The normalized spacial score (nSPS) is 10.8. The van der Waals surface area contributed by atoms with Gasteiger partial charge >= 0.3 is 0 Å². The summed E-state index contributed by atoms with van der Waals surface area (Å²) in [5.74, 6) is 0.461. The van der Waals surface area contributed by atoms with Crippen LogP contribution >= 0.6 is 11.6 Å². The summed E-state index contributed by atoms with van der Waals surface area (Å²) < 4.78 is 5.65. The van der Waals surface area contributed by atoms with Crippen molar-refractivity contribution in [2.24, 2.45) is 0 Å². The highest BCUT2D eigenvalue weighted by Crippen LogP contribution is 2.20. The molecular formula is C14H18ClNO2. The van der Waals surface area contributed by atoms with Gasteiger partial charge in [0.1, 0.15) is 5.75 Å². The number of ether oxygens (including phenoxy) is 1. The molecule has 1 amide bonds. The number of amides is 1. The molecule has 1 aromatic carbocycles. The van der Waals surface area contributed by atoms with E-state index in [4.69, 9.17) is 16.3 Å². The molecule has 0 unspecified atom stereocenters. The first-order valence-corrected chi connectivity index (χ1v) is 6.17. The Morgan fingerprint density at radius 3 is 2.61 bits per heavy atom. The van der Waals surface area contributed by atoms with Crippen LogP contribution in [0.2, 0.25) is 5.02 Å². The van der Waals surface area contributed by atoms with E-state index >= 15 is 0 Å². The van der Waals surface area contributed by atoms with Gasteiger partial charge in [0.2, 0.25) is 0 Å². The zero-order chi connectivity index (χ0) is 13.6. The Bertz CT molecular complexity index is 412. The van der Waals surface area contributed by atoms with E-state index in [9.17, 15) is 4.79 Å². The maximum Gasteiger partial charge on any atom is 0.263 e. The number of carbonyl (C=O) groups excluding carboxylic acids is 1. The predicted molar refractivity (Wildman–Crippen MR) is 74.0 cm³/mol. The van der Waals surface area contributed by atoms with Gasteiger partial charge in [0.15, 0.2) is 5.60 Å². The van der Waals surface area contributed by atoms with Crippen molar-refractivity contribution in [3.05, 3.63) is 41.9 Å². The average Bonchev–Trinajstić information content (AvgIpc) is 2.32. The van der Waals surface area contributed by atoms with Crippen LogP contribution in [-0.2, 0) is 4.79 Å². The lowest BCUT2D eigenvalue weighted by atomic mass is 10.1. The molecule has 98 valence electrons. The fourth-order valence-electron chi connectivity index (χ4n) is 1.34. The van der Waals surface area contributed by atoms with Crippen molar-refractivity contribution in [2.45, 2.75) is 25.9 Å². The van der Waals surface area contributed by atoms with Crippen LogP contribution in [0, 0.1) is 0 Å². The highest BCUT2D eigenvalue weighted by Gasteiger charge is 2.29. The molecule has 0 fully saturated rings. The van der Waals surface area contributed by atoms with Gasteiger partial charge in [-0.15, -0.1) is 6.58 Å². The SMILES string of the molecule is C=CCCNC(=O)C(C)(C)Oc1ccc(Cl)cc1. The van der Waals surface area contributed by atoms with E-state index in [1.807, 2.05) is 0 Å². The first-order chi connectivity index (χ1) is 8.45. The number of hydrogen-bond donors (Lipinski definition) is 1. The topological polar surface area (TPSA) is 38.3 Å². The summed E-state index contributed by atoms with van der Waals surface area (Å²) in [6.45, 7) is 7.62. The van der Waals surface area contributed by atoms with Crippen molar-refractivity contribution in [3.8, 4) is 5.75 Å². The summed E-state index contributed by atoms with van der Waals surface area (Å²) in [6, 6.07) is 6.92. The van der Waals surface area contributed by atoms with Gasteiger partial charge in [0.25, 0.3) is 5.91 Å². The van der Waals surface area contributed by atoms with Crippen molar-refractivity contribution in [2.75, 3.05) is 6.54 Å². The summed E-state index contributed by atoms with van der Waals surface area (Å²) in [6.07, 6.45) is 2.50. The standard InChI is InChI=1S/C14H18ClNO2/c1-4-5-10-16-13(17)14(2,3)18-12-8-6-11(15)7-9-12/h4,6-9H,1,5,10H2,2-3H3,(H,16,17). The molecule has 0 aliphatic carbocycles. The third-order valence-electron chi connectivity index (χ3n) is 2.37. The molecule has 1 rings (SSSR count). The highest BCUT2D eigenvalue weighted by molar-refractivity contribution is 6.30. The maximum atomic E-state index is 11.9. The van der Waals surface area contributed by atoms with Crippen molar-refractivity contribution in [1.29, 1.82) is 0 Å². The molecule has 0 aliphatic heterocycles. The number of halogens is 1. The summed E-state index contributed by atoms with van der Waals surface area (Å²) in [4.78, 5) is 11.9. The third-order valence-corrected chi connectivity index (χ3v) is 2.62. The van der Waals surface area contributed by atoms with Crippen LogP contribution in [0.3, 0.4) is 0 Å². The summed E-state index contributed by atoms with van der Waals surface area (Å²) in [5.41, 5.74) is -0.922. The Kier molecular flexibility index (Phi) is 5.23. The summed E-state index contributed by atoms with van der Waals surface area (Å²) in [7, 11) is 0. The molecule has 0 aliphatic rings. The molecule has 1 N–H and O–H groups in total. The van der Waals surface area contributed by atoms with Crippen LogP contribution in [-0.4, -0.2) is 18.1 Å². The Morgan fingerprint density at radius 1 is 1.44 bits per heavy atom. The number of rotatable bonds is 6. The van der Waals surface area contributed by atoms with Crippen LogP contribution in [0.1, 0.15) is 20.3 Å². The third kappa shape index (κ3) is 4.41. The van der Waals surface area contributed by atoms with Gasteiger partial charge in [-0.25, -0.2) is 0 Å². The van der Waals surface area contributed by atoms with E-state index in [1.54, 1.807) is 44.2 Å². The van der Waals surface area contributed by atoms with E-state index in [1.165, 1.54) is 0 Å². The molecule has 0 heterocycles. The molecule has 0 radical (unpaired) electrons. The lowest BCUT2D eigenvalue weighted by Gasteiger charge is -2.25. The molecular weight excluding hydrogens is 250 g/mol. The molecule has 3 nitrogen and oxygen atoms in total. The van der Waals surface area contributed by atoms with Crippen molar-refractivity contribution in [3.63, 3.8) is 0 Å². The molecule has 1 aromatic rings. The largest absolute Gasteiger partial charge is 0.478 e. The van der Waals surface area contributed by atoms with Gasteiger partial charge in [-0.1, -0.05) is 17.7 Å². The van der Waals surface area contributed by atoms with E-state index in [-0.39, 0.29) is 5.91 Å². The van der Waals surface area contributed by atoms with Gasteiger partial charge in [-0.05, 0) is 44.5 Å². The van der Waals surface area contributed by atoms with Gasteiger partial charge < -0.3 is 10.1 Å². The number of nitrogens with one attached hydrogen (secondary N) is 1. The minimum absolute atomic E-state index is 0.153. The molecule has 0 saturated carbocycles. The second kappa shape index (κ2) is 6.45. The Labute approximate surface area is 113 Å². The second-order valence-corrected chi connectivity index (χ2v) is 4.84. The predicted octanol–water partition coefficient (Wildman–Crippen LogP) is 3.19. The smallest absolute Gasteiger partial charge is 0.263 e. The number of hydrogen-bond acceptors (Lipinski definition) is 2. The fourth-order valence-corrected chi connectivity index (χ4v) is 1.47. The van der Waals surface area contributed by atoms with Crippen LogP contribution in [0.4, 0.5) is 0 Å². The van der Waals surface area contributed by atoms with Gasteiger partial charge in [-0.3, -0.25) is 4.79 Å². The lowest BCUT2D eigenvalue weighted by molar-refractivity contribution is -0.134. The molecule has 0 saturated heterocycles. The van der Waals surface area contributed by atoms with E-state index in [2.05, 4.69) is 11.9 Å². The van der Waals surface area contributed by atoms with Crippen LogP contribution < -0.4 is 10.1 Å². The summed E-state index contributed by atoms with van der Waals surface area (Å²) >= 11 is 5.79. The molecule has 0 atom stereocenters. The first kappa shape index (κ1) is 14.6. The Balaban J connectivity index is 2.59. The molecule has 0 aromatic heterocycles. The van der Waals surface area contributed by atoms with Gasteiger partial charge in [-0.2, -0.15) is 0 Å². The van der Waals surface area contributed by atoms with Crippen molar-refractivity contribution in [1.82, 2.24) is 5.32 Å². The minimum atomic E-state index is -0.922. The highest BCUT2D eigenvalue weighted by atomic mass is 35.5. The average molecular weight is 268 g/mol. The zero-order valence-electron chi connectivity index (χ0n) is 10.7. The van der Waals surface area contributed by atoms with E-state index in [0.29, 0.717) is 17.3 Å². The van der Waals surface area contributed by atoms with Crippen LogP contribution in [0.5, 0.6) is 5.75 Å². The quantitative estimate of drug-likeness (QED) is 0.635. The Morgan fingerprint density at radius 2 is 2.06 bits per heavy atom. The molecule has 0 bridgehead atoms.